The van der Waals surface area contributed by atoms with Gasteiger partial charge in [-0.2, -0.15) is 0 Å². The zero-order chi connectivity index (χ0) is 6.97. The summed E-state index contributed by atoms with van der Waals surface area (Å²) in [5, 5.41) is 0. The molecule has 0 N–H and O–H groups in total. The number of hydrogen-bond donors (Lipinski definition) is 0. The Morgan fingerprint density at radius 2 is 1.30 bits per heavy atom. The van der Waals surface area contributed by atoms with Crippen molar-refractivity contribution in [2.75, 3.05) is 0 Å². The molecule has 0 heterocycles. The molecule has 10 heavy (non-hydrogen) atoms. The van der Waals surface area contributed by atoms with Gasteiger partial charge in [0.15, 0.2) is 0 Å². The number of ketones is 1. The Kier molecular flexibility index (Phi) is 1.51. The van der Waals surface area contributed by atoms with E-state index in [0.717, 1.165) is 0 Å². The lowest BCUT2D eigenvalue weighted by Crippen LogP contribution is -2.32. The summed E-state index contributed by atoms with van der Waals surface area (Å²) in [4.78, 5) is 11.4. The summed E-state index contributed by atoms with van der Waals surface area (Å²) in [5.41, 5.74) is 0. The summed E-state index contributed by atoms with van der Waals surface area (Å²) in [6, 6.07) is 0. The summed E-state index contributed by atoms with van der Waals surface area (Å²) in [6.07, 6.45) is 7.35. The highest BCUT2D eigenvalue weighted by Crippen LogP contribution is 2.36. The number of hydrogen-bond acceptors (Lipinski definition) is 1. The minimum atomic E-state index is 0.491. The van der Waals surface area contributed by atoms with Gasteiger partial charge in [0.05, 0.1) is 0 Å². The SMILES string of the molecule is O=C(C1CCC1)C1CCC1. The first kappa shape index (κ1) is 6.38. The predicted molar refractivity (Wildman–Crippen MR) is 39.7 cm³/mol. The van der Waals surface area contributed by atoms with E-state index in [0.29, 0.717) is 17.6 Å². The van der Waals surface area contributed by atoms with Crippen LogP contribution >= 0.6 is 0 Å². The molecule has 56 valence electrons. The highest BCUT2D eigenvalue weighted by molar-refractivity contribution is 5.84. The van der Waals surface area contributed by atoms with Crippen molar-refractivity contribution in [3.05, 3.63) is 0 Å². The predicted octanol–water partition coefficient (Wildman–Crippen LogP) is 2.16. The van der Waals surface area contributed by atoms with Crippen LogP contribution in [0.3, 0.4) is 0 Å². The smallest absolute Gasteiger partial charge is 0.139 e. The van der Waals surface area contributed by atoms with Crippen LogP contribution in [0.2, 0.25) is 0 Å². The Bertz CT molecular complexity index is 127. The summed E-state index contributed by atoms with van der Waals surface area (Å²) < 4.78 is 0. The van der Waals surface area contributed by atoms with Crippen LogP contribution in [0.15, 0.2) is 0 Å². The van der Waals surface area contributed by atoms with Crippen LogP contribution in [0.25, 0.3) is 0 Å². The molecule has 0 unspecified atom stereocenters. The van der Waals surface area contributed by atoms with Crippen molar-refractivity contribution in [2.45, 2.75) is 38.5 Å². The second kappa shape index (κ2) is 2.37. The van der Waals surface area contributed by atoms with Gasteiger partial charge in [-0.05, 0) is 25.7 Å². The molecule has 2 aliphatic rings. The van der Waals surface area contributed by atoms with Crippen molar-refractivity contribution in [1.82, 2.24) is 0 Å². The van der Waals surface area contributed by atoms with Gasteiger partial charge in [-0.15, -0.1) is 0 Å². The molecule has 1 heteroatoms. The highest BCUT2D eigenvalue weighted by Gasteiger charge is 2.33. The van der Waals surface area contributed by atoms with Gasteiger partial charge in [0.2, 0.25) is 0 Å². The van der Waals surface area contributed by atoms with Gasteiger partial charge in [0.1, 0.15) is 5.78 Å². The molecule has 0 aromatic carbocycles. The molecule has 0 atom stereocenters. The molecule has 2 fully saturated rings. The Labute approximate surface area is 61.8 Å². The van der Waals surface area contributed by atoms with E-state index in [1.54, 1.807) is 0 Å². The van der Waals surface area contributed by atoms with Gasteiger partial charge in [0.25, 0.3) is 0 Å². The maximum absolute atomic E-state index is 11.4. The minimum absolute atomic E-state index is 0.491. The van der Waals surface area contributed by atoms with Crippen LogP contribution in [0.5, 0.6) is 0 Å². The Morgan fingerprint density at radius 3 is 1.50 bits per heavy atom. The number of Topliss-reactive ketones (excluding diaryl/α,β-unsaturated/α-hetero) is 1. The molecule has 0 aromatic rings. The lowest BCUT2D eigenvalue weighted by atomic mass is 9.71. The summed E-state index contributed by atoms with van der Waals surface area (Å²) in [7, 11) is 0. The standard InChI is InChI=1S/C9H14O/c10-9(7-3-1-4-7)8-5-2-6-8/h7-8H,1-6H2. The monoisotopic (exact) mass is 138 g/mol. The third kappa shape index (κ3) is 0.882. The van der Waals surface area contributed by atoms with Crippen molar-refractivity contribution >= 4 is 5.78 Å². The molecule has 0 amide bonds. The van der Waals surface area contributed by atoms with Crippen molar-refractivity contribution in [3.63, 3.8) is 0 Å². The molecule has 0 saturated heterocycles. The van der Waals surface area contributed by atoms with E-state index in [4.69, 9.17) is 0 Å². The lowest BCUT2D eigenvalue weighted by molar-refractivity contribution is -0.131. The van der Waals surface area contributed by atoms with E-state index in [2.05, 4.69) is 0 Å². The number of rotatable bonds is 2. The maximum Gasteiger partial charge on any atom is 0.139 e. The molecule has 2 aliphatic carbocycles. The third-order valence-corrected chi connectivity index (χ3v) is 3.02. The molecule has 1 nitrogen and oxygen atoms in total. The molecule has 0 aliphatic heterocycles. The van der Waals surface area contributed by atoms with E-state index in [1.807, 2.05) is 0 Å². The average Bonchev–Trinajstić information content (AvgIpc) is 1.52. The largest absolute Gasteiger partial charge is 0.299 e. The van der Waals surface area contributed by atoms with Gasteiger partial charge < -0.3 is 0 Å². The summed E-state index contributed by atoms with van der Waals surface area (Å²) in [6.45, 7) is 0. The van der Waals surface area contributed by atoms with Crippen molar-refractivity contribution in [2.24, 2.45) is 11.8 Å². The van der Waals surface area contributed by atoms with E-state index in [-0.39, 0.29) is 0 Å². The fourth-order valence-corrected chi connectivity index (χ4v) is 1.72. The van der Waals surface area contributed by atoms with Gasteiger partial charge >= 0.3 is 0 Å². The quantitative estimate of drug-likeness (QED) is 0.571. The maximum atomic E-state index is 11.4. The van der Waals surface area contributed by atoms with Gasteiger partial charge in [0, 0.05) is 11.8 Å². The topological polar surface area (TPSA) is 17.1 Å². The van der Waals surface area contributed by atoms with E-state index < -0.39 is 0 Å². The molecule has 0 spiro atoms. The lowest BCUT2D eigenvalue weighted by Gasteiger charge is -2.32. The van der Waals surface area contributed by atoms with E-state index in [9.17, 15) is 4.79 Å². The Morgan fingerprint density at radius 1 is 0.900 bits per heavy atom. The van der Waals surface area contributed by atoms with Crippen LogP contribution in [-0.2, 0) is 4.79 Å². The Balaban J connectivity index is 1.84. The first-order valence-electron chi connectivity index (χ1n) is 4.41. The second-order valence-corrected chi connectivity index (χ2v) is 3.66. The van der Waals surface area contributed by atoms with Crippen molar-refractivity contribution in [1.29, 1.82) is 0 Å². The molecule has 0 radical (unpaired) electrons. The molecular formula is C9H14O. The van der Waals surface area contributed by atoms with Crippen LogP contribution in [0, 0.1) is 11.8 Å². The number of carbonyl (C=O) groups is 1. The van der Waals surface area contributed by atoms with E-state index >= 15 is 0 Å². The van der Waals surface area contributed by atoms with Gasteiger partial charge in [-0.1, -0.05) is 12.8 Å². The summed E-state index contributed by atoms with van der Waals surface area (Å²) >= 11 is 0. The normalized spacial score (nSPS) is 27.2. The minimum Gasteiger partial charge on any atom is -0.299 e. The zero-order valence-corrected chi connectivity index (χ0v) is 6.31. The molecular weight excluding hydrogens is 124 g/mol. The van der Waals surface area contributed by atoms with Crippen LogP contribution < -0.4 is 0 Å². The fourth-order valence-electron chi connectivity index (χ4n) is 1.72. The van der Waals surface area contributed by atoms with Crippen LogP contribution in [-0.4, -0.2) is 5.78 Å². The molecule has 2 rings (SSSR count). The second-order valence-electron chi connectivity index (χ2n) is 3.66. The van der Waals surface area contributed by atoms with Crippen LogP contribution in [0.1, 0.15) is 38.5 Å². The first-order valence-corrected chi connectivity index (χ1v) is 4.41. The van der Waals surface area contributed by atoms with Crippen LogP contribution in [0.4, 0.5) is 0 Å². The van der Waals surface area contributed by atoms with Crippen molar-refractivity contribution in [3.8, 4) is 0 Å². The first-order chi connectivity index (χ1) is 4.88. The average molecular weight is 138 g/mol. The highest BCUT2D eigenvalue weighted by atomic mass is 16.1. The van der Waals surface area contributed by atoms with Crippen molar-refractivity contribution < 1.29 is 4.79 Å². The Hall–Kier alpha value is -0.330. The third-order valence-electron chi connectivity index (χ3n) is 3.02. The molecule has 0 bridgehead atoms. The van der Waals surface area contributed by atoms with Gasteiger partial charge in [-0.25, -0.2) is 0 Å². The zero-order valence-electron chi connectivity index (χ0n) is 6.31. The fraction of sp³-hybridized carbons (Fsp3) is 0.889. The van der Waals surface area contributed by atoms with E-state index in [1.165, 1.54) is 38.5 Å². The molecule has 2 saturated carbocycles. The number of carbonyl (C=O) groups excluding carboxylic acids is 1. The summed E-state index contributed by atoms with van der Waals surface area (Å²) in [5.74, 6) is 1.58. The molecule has 0 aromatic heterocycles. The van der Waals surface area contributed by atoms with Gasteiger partial charge in [-0.3, -0.25) is 4.79 Å².